The highest BCUT2D eigenvalue weighted by molar-refractivity contribution is 9.08. The molecular weight excluding hydrogens is 314 g/mol. The van der Waals surface area contributed by atoms with Crippen LogP contribution in [0.4, 0.5) is 8.78 Å². The molecule has 0 aliphatic heterocycles. The molecule has 0 unspecified atom stereocenters. The van der Waals surface area contributed by atoms with E-state index in [0.717, 1.165) is 5.56 Å². The van der Waals surface area contributed by atoms with Crippen molar-refractivity contribution in [1.29, 1.82) is 0 Å². The van der Waals surface area contributed by atoms with E-state index < -0.39 is 11.6 Å². The van der Waals surface area contributed by atoms with Gasteiger partial charge in [0.1, 0.15) is 0 Å². The minimum Gasteiger partial charge on any atom is -0.487 e. The molecule has 0 heterocycles. The zero-order valence-electron chi connectivity index (χ0n) is 10.2. The number of benzene rings is 2. The van der Waals surface area contributed by atoms with Crippen molar-refractivity contribution in [1.82, 2.24) is 0 Å². The standard InChI is InChI=1S/C15H13BrF2O/c16-10-12-8-13(17)15(14(18)9-12)19-7-6-11-4-2-1-3-5-11/h1-5,8-9H,6-7,10H2. The zero-order valence-corrected chi connectivity index (χ0v) is 11.8. The van der Waals surface area contributed by atoms with E-state index >= 15 is 0 Å². The first-order chi connectivity index (χ1) is 9.20. The van der Waals surface area contributed by atoms with E-state index in [1.165, 1.54) is 12.1 Å². The summed E-state index contributed by atoms with van der Waals surface area (Å²) in [6.07, 6.45) is 0.611. The summed E-state index contributed by atoms with van der Waals surface area (Å²) in [6, 6.07) is 12.2. The van der Waals surface area contributed by atoms with Gasteiger partial charge in [-0.1, -0.05) is 46.3 Å². The Morgan fingerprint density at radius 3 is 2.16 bits per heavy atom. The van der Waals surface area contributed by atoms with Crippen molar-refractivity contribution in [2.45, 2.75) is 11.8 Å². The first-order valence-electron chi connectivity index (χ1n) is 5.91. The van der Waals surface area contributed by atoms with E-state index in [1.54, 1.807) is 0 Å². The average Bonchev–Trinajstić information content (AvgIpc) is 2.42. The number of rotatable bonds is 5. The third-order valence-corrected chi connectivity index (χ3v) is 3.34. The molecule has 0 atom stereocenters. The van der Waals surface area contributed by atoms with Crippen LogP contribution < -0.4 is 4.74 Å². The zero-order chi connectivity index (χ0) is 13.7. The molecule has 1 nitrogen and oxygen atoms in total. The van der Waals surface area contributed by atoms with Crippen LogP contribution in [0.25, 0.3) is 0 Å². The second kappa shape index (κ2) is 6.66. The predicted molar refractivity (Wildman–Crippen MR) is 74.6 cm³/mol. The van der Waals surface area contributed by atoms with Crippen molar-refractivity contribution < 1.29 is 13.5 Å². The summed E-state index contributed by atoms with van der Waals surface area (Å²) in [5, 5.41) is 0.408. The third kappa shape index (κ3) is 3.77. The monoisotopic (exact) mass is 326 g/mol. The summed E-state index contributed by atoms with van der Waals surface area (Å²) in [5.41, 5.74) is 1.62. The molecule has 0 aromatic heterocycles. The molecule has 19 heavy (non-hydrogen) atoms. The van der Waals surface area contributed by atoms with Crippen LogP contribution >= 0.6 is 15.9 Å². The Labute approximate surface area is 119 Å². The summed E-state index contributed by atoms with van der Waals surface area (Å²) in [5.74, 6) is -1.63. The van der Waals surface area contributed by atoms with Gasteiger partial charge in [0.25, 0.3) is 0 Å². The number of halogens is 3. The lowest BCUT2D eigenvalue weighted by Crippen LogP contribution is -2.05. The highest BCUT2D eigenvalue weighted by atomic mass is 79.9. The van der Waals surface area contributed by atoms with Crippen LogP contribution in [0, 0.1) is 11.6 Å². The van der Waals surface area contributed by atoms with Gasteiger partial charge in [-0.3, -0.25) is 0 Å². The van der Waals surface area contributed by atoms with Gasteiger partial charge >= 0.3 is 0 Å². The molecule has 0 saturated carbocycles. The van der Waals surface area contributed by atoms with Gasteiger partial charge in [0.2, 0.25) is 0 Å². The maximum atomic E-state index is 13.6. The van der Waals surface area contributed by atoms with Crippen LogP contribution in [-0.4, -0.2) is 6.61 Å². The van der Waals surface area contributed by atoms with Crippen LogP contribution in [0.15, 0.2) is 42.5 Å². The molecule has 0 fully saturated rings. The summed E-state index contributed by atoms with van der Waals surface area (Å²) in [7, 11) is 0. The SMILES string of the molecule is Fc1cc(CBr)cc(F)c1OCCc1ccccc1. The van der Waals surface area contributed by atoms with E-state index in [-0.39, 0.29) is 12.4 Å². The number of hydrogen-bond donors (Lipinski definition) is 0. The van der Waals surface area contributed by atoms with Crippen molar-refractivity contribution in [3.05, 3.63) is 65.2 Å². The Morgan fingerprint density at radius 1 is 0.947 bits per heavy atom. The maximum Gasteiger partial charge on any atom is 0.190 e. The van der Waals surface area contributed by atoms with Gasteiger partial charge in [0, 0.05) is 11.8 Å². The van der Waals surface area contributed by atoms with Gasteiger partial charge in [0.05, 0.1) is 6.61 Å². The Balaban J connectivity index is 2.00. The summed E-state index contributed by atoms with van der Waals surface area (Å²) < 4.78 is 32.5. The van der Waals surface area contributed by atoms with Crippen LogP contribution in [0.1, 0.15) is 11.1 Å². The first-order valence-corrected chi connectivity index (χ1v) is 7.03. The van der Waals surface area contributed by atoms with Crippen LogP contribution in [0.5, 0.6) is 5.75 Å². The number of ether oxygens (including phenoxy) is 1. The molecule has 0 bridgehead atoms. The molecule has 2 aromatic carbocycles. The molecule has 0 aliphatic carbocycles. The molecule has 2 rings (SSSR count). The first kappa shape index (κ1) is 14.0. The minimum atomic E-state index is -0.664. The normalized spacial score (nSPS) is 10.5. The number of hydrogen-bond acceptors (Lipinski definition) is 1. The second-order valence-corrected chi connectivity index (χ2v) is 4.67. The van der Waals surface area contributed by atoms with E-state index in [1.807, 2.05) is 30.3 Å². The largest absolute Gasteiger partial charge is 0.487 e. The molecular formula is C15H13BrF2O. The van der Waals surface area contributed by atoms with Crippen molar-refractivity contribution >= 4 is 15.9 Å². The Hall–Kier alpha value is -1.42. The third-order valence-electron chi connectivity index (χ3n) is 2.69. The van der Waals surface area contributed by atoms with Gasteiger partial charge in [-0.05, 0) is 23.3 Å². The quantitative estimate of drug-likeness (QED) is 0.736. The molecule has 4 heteroatoms. The second-order valence-electron chi connectivity index (χ2n) is 4.11. The van der Waals surface area contributed by atoms with Gasteiger partial charge in [0.15, 0.2) is 17.4 Å². The maximum absolute atomic E-state index is 13.6. The topological polar surface area (TPSA) is 9.23 Å². The van der Waals surface area contributed by atoms with E-state index in [9.17, 15) is 8.78 Å². The van der Waals surface area contributed by atoms with Gasteiger partial charge in [-0.15, -0.1) is 0 Å². The highest BCUT2D eigenvalue weighted by Crippen LogP contribution is 2.24. The molecule has 0 aliphatic rings. The highest BCUT2D eigenvalue weighted by Gasteiger charge is 2.12. The summed E-state index contributed by atoms with van der Waals surface area (Å²) >= 11 is 3.16. The molecule has 0 saturated heterocycles. The fourth-order valence-corrected chi connectivity index (χ4v) is 2.07. The predicted octanol–water partition coefficient (Wildman–Crippen LogP) is 4.48. The smallest absolute Gasteiger partial charge is 0.190 e. The van der Waals surface area contributed by atoms with Crippen LogP contribution in [0.3, 0.4) is 0 Å². The van der Waals surface area contributed by atoms with Gasteiger partial charge in [-0.25, -0.2) is 8.78 Å². The molecule has 0 amide bonds. The fraction of sp³-hybridized carbons (Fsp3) is 0.200. The summed E-state index contributed by atoms with van der Waals surface area (Å²) in [4.78, 5) is 0. The van der Waals surface area contributed by atoms with Crippen molar-refractivity contribution in [2.24, 2.45) is 0 Å². The number of alkyl halides is 1. The Bertz CT molecular complexity index is 520. The van der Waals surface area contributed by atoms with E-state index in [2.05, 4.69) is 15.9 Å². The average molecular weight is 327 g/mol. The van der Waals surface area contributed by atoms with Crippen molar-refractivity contribution in [2.75, 3.05) is 6.61 Å². The Kier molecular flexibility index (Phi) is 4.91. The molecule has 0 spiro atoms. The van der Waals surface area contributed by atoms with E-state index in [0.29, 0.717) is 17.3 Å². The Morgan fingerprint density at radius 2 is 1.58 bits per heavy atom. The molecule has 0 radical (unpaired) electrons. The van der Waals surface area contributed by atoms with Gasteiger partial charge < -0.3 is 4.74 Å². The lowest BCUT2D eigenvalue weighted by atomic mass is 10.2. The minimum absolute atomic E-state index is 0.242. The molecule has 2 aromatic rings. The van der Waals surface area contributed by atoms with Crippen LogP contribution in [-0.2, 0) is 11.8 Å². The van der Waals surface area contributed by atoms with Gasteiger partial charge in [-0.2, -0.15) is 0 Å². The van der Waals surface area contributed by atoms with Crippen LogP contribution in [0.2, 0.25) is 0 Å². The summed E-state index contributed by atoms with van der Waals surface area (Å²) in [6.45, 7) is 0.242. The van der Waals surface area contributed by atoms with E-state index in [4.69, 9.17) is 4.74 Å². The lowest BCUT2D eigenvalue weighted by molar-refractivity contribution is 0.288. The molecule has 0 N–H and O–H groups in total. The molecule has 100 valence electrons. The van der Waals surface area contributed by atoms with Crippen molar-refractivity contribution in [3.8, 4) is 5.75 Å². The lowest BCUT2D eigenvalue weighted by Gasteiger charge is -2.09. The van der Waals surface area contributed by atoms with Crippen molar-refractivity contribution in [3.63, 3.8) is 0 Å². The fourth-order valence-electron chi connectivity index (χ4n) is 1.74.